The van der Waals surface area contributed by atoms with Gasteiger partial charge in [-0.25, -0.2) is 9.59 Å². The fraction of sp³-hybridized carbons (Fsp3) is 0.176. The van der Waals surface area contributed by atoms with Gasteiger partial charge in [0.1, 0.15) is 18.4 Å². The van der Waals surface area contributed by atoms with Crippen LogP contribution in [0.2, 0.25) is 5.02 Å². The monoisotopic (exact) mass is 348 g/mol. The molecule has 1 atom stereocenters. The summed E-state index contributed by atoms with van der Waals surface area (Å²) in [7, 11) is 0. The maximum atomic E-state index is 11.8. The van der Waals surface area contributed by atoms with Gasteiger partial charge in [-0.2, -0.15) is 0 Å². The Morgan fingerprint density at radius 1 is 1.17 bits per heavy atom. The second-order valence-electron chi connectivity index (χ2n) is 5.03. The third-order valence-corrected chi connectivity index (χ3v) is 3.38. The van der Waals surface area contributed by atoms with Gasteiger partial charge in [-0.3, -0.25) is 5.32 Å². The molecule has 0 aliphatic heterocycles. The summed E-state index contributed by atoms with van der Waals surface area (Å²) in [6.07, 6.45) is -0.616. The lowest BCUT2D eigenvalue weighted by Gasteiger charge is -2.09. The van der Waals surface area contributed by atoms with Crippen LogP contribution in [-0.4, -0.2) is 18.1 Å². The molecule has 2 aromatic rings. The van der Waals surface area contributed by atoms with Crippen LogP contribution in [0.1, 0.15) is 12.5 Å². The molecule has 0 spiro atoms. The highest BCUT2D eigenvalue weighted by atomic mass is 35.5. The first-order valence-electron chi connectivity index (χ1n) is 7.20. The van der Waals surface area contributed by atoms with Crippen LogP contribution in [0.25, 0.3) is 0 Å². The van der Waals surface area contributed by atoms with Crippen molar-refractivity contribution in [2.75, 3.05) is 5.32 Å². The summed E-state index contributed by atoms with van der Waals surface area (Å²) in [5.41, 5.74) is 6.63. The molecule has 6 nitrogen and oxygen atoms in total. The van der Waals surface area contributed by atoms with Gasteiger partial charge in [0.15, 0.2) is 0 Å². The Bertz CT molecular complexity index is 717. The molecule has 0 fully saturated rings. The fourth-order valence-electron chi connectivity index (χ4n) is 1.73. The Morgan fingerprint density at radius 2 is 1.83 bits per heavy atom. The standard InChI is InChI=1S/C17H17ClN2O4/c1-11(19)16(21)24-14-8-6-13(7-9-14)20-17(22)23-10-12-4-2-3-5-15(12)18/h2-9,11H,10,19H2,1H3,(H,20,22)/t11-/m0/s1. The second-order valence-corrected chi connectivity index (χ2v) is 5.43. The normalized spacial score (nSPS) is 11.5. The average molecular weight is 349 g/mol. The van der Waals surface area contributed by atoms with Crippen molar-refractivity contribution in [1.29, 1.82) is 0 Å². The maximum absolute atomic E-state index is 11.8. The minimum absolute atomic E-state index is 0.0651. The van der Waals surface area contributed by atoms with Crippen molar-refractivity contribution in [3.63, 3.8) is 0 Å². The van der Waals surface area contributed by atoms with E-state index in [-0.39, 0.29) is 6.61 Å². The third-order valence-electron chi connectivity index (χ3n) is 3.01. The van der Waals surface area contributed by atoms with E-state index in [0.29, 0.717) is 22.0 Å². The lowest BCUT2D eigenvalue weighted by molar-refractivity contribution is -0.135. The molecule has 0 bridgehead atoms. The van der Waals surface area contributed by atoms with Crippen LogP contribution in [0.5, 0.6) is 5.75 Å². The van der Waals surface area contributed by atoms with Crippen molar-refractivity contribution in [3.05, 3.63) is 59.1 Å². The first-order chi connectivity index (χ1) is 11.5. The number of hydrogen-bond donors (Lipinski definition) is 2. The number of benzene rings is 2. The van der Waals surface area contributed by atoms with E-state index in [4.69, 9.17) is 26.8 Å². The molecule has 0 radical (unpaired) electrons. The zero-order valence-electron chi connectivity index (χ0n) is 13.0. The third kappa shape index (κ3) is 5.26. The first kappa shape index (κ1) is 17.8. The smallest absolute Gasteiger partial charge is 0.411 e. The number of halogens is 1. The molecule has 0 unspecified atom stereocenters. The largest absolute Gasteiger partial charge is 0.444 e. The summed E-state index contributed by atoms with van der Waals surface area (Å²) in [5.74, 6) is -0.192. The summed E-state index contributed by atoms with van der Waals surface area (Å²) in [6.45, 7) is 1.60. The molecule has 24 heavy (non-hydrogen) atoms. The number of amides is 1. The Kier molecular flexibility index (Phi) is 6.17. The number of ether oxygens (including phenoxy) is 2. The van der Waals surface area contributed by atoms with Crippen LogP contribution in [-0.2, 0) is 16.1 Å². The quantitative estimate of drug-likeness (QED) is 0.638. The van der Waals surface area contributed by atoms with Crippen LogP contribution in [0, 0.1) is 0 Å². The van der Waals surface area contributed by atoms with E-state index in [1.54, 1.807) is 42.5 Å². The molecule has 2 aromatic carbocycles. The molecule has 7 heteroatoms. The van der Waals surface area contributed by atoms with Gasteiger partial charge in [0.05, 0.1) is 0 Å². The van der Waals surface area contributed by atoms with E-state index >= 15 is 0 Å². The fourth-order valence-corrected chi connectivity index (χ4v) is 1.92. The Balaban J connectivity index is 1.86. The van der Waals surface area contributed by atoms with Crippen molar-refractivity contribution in [2.45, 2.75) is 19.6 Å². The topological polar surface area (TPSA) is 90.7 Å². The van der Waals surface area contributed by atoms with Crippen LogP contribution in [0.4, 0.5) is 10.5 Å². The SMILES string of the molecule is C[C@H](N)C(=O)Oc1ccc(NC(=O)OCc2ccccc2Cl)cc1. The Hall–Kier alpha value is -2.57. The van der Waals surface area contributed by atoms with Crippen molar-refractivity contribution >= 4 is 29.4 Å². The van der Waals surface area contributed by atoms with Crippen molar-refractivity contribution in [1.82, 2.24) is 0 Å². The molecule has 2 rings (SSSR count). The van der Waals surface area contributed by atoms with Gasteiger partial charge in [-0.05, 0) is 37.3 Å². The molecule has 126 valence electrons. The van der Waals surface area contributed by atoms with Gasteiger partial charge in [0.25, 0.3) is 0 Å². The molecule has 3 N–H and O–H groups in total. The summed E-state index contributed by atoms with van der Waals surface area (Å²) >= 11 is 5.99. The van der Waals surface area contributed by atoms with E-state index in [9.17, 15) is 9.59 Å². The molecule has 1 amide bonds. The molecule has 0 saturated heterocycles. The second kappa shape index (κ2) is 8.33. The molecule has 0 aliphatic carbocycles. The average Bonchev–Trinajstić information content (AvgIpc) is 2.56. The van der Waals surface area contributed by atoms with Crippen LogP contribution >= 0.6 is 11.6 Å². The number of nitrogens with one attached hydrogen (secondary N) is 1. The summed E-state index contributed by atoms with van der Waals surface area (Å²) in [4.78, 5) is 23.1. The van der Waals surface area contributed by atoms with Crippen molar-refractivity contribution in [2.24, 2.45) is 5.73 Å². The predicted molar refractivity (Wildman–Crippen MR) is 91.0 cm³/mol. The molecular formula is C17H17ClN2O4. The van der Waals surface area contributed by atoms with Gasteiger partial charge in [0.2, 0.25) is 0 Å². The number of carbonyl (C=O) groups excluding carboxylic acids is 2. The Morgan fingerprint density at radius 3 is 2.46 bits per heavy atom. The molecule has 0 aromatic heterocycles. The van der Waals surface area contributed by atoms with Gasteiger partial charge in [-0.1, -0.05) is 29.8 Å². The highest BCUT2D eigenvalue weighted by Gasteiger charge is 2.10. The van der Waals surface area contributed by atoms with E-state index < -0.39 is 18.1 Å². The number of rotatable bonds is 5. The first-order valence-corrected chi connectivity index (χ1v) is 7.58. The predicted octanol–water partition coefficient (Wildman–Crippen LogP) is 3.34. The number of anilines is 1. The minimum Gasteiger partial charge on any atom is -0.444 e. The molecule has 0 heterocycles. The lowest BCUT2D eigenvalue weighted by Crippen LogP contribution is -2.30. The Labute approximate surface area is 144 Å². The minimum atomic E-state index is -0.706. The van der Waals surface area contributed by atoms with E-state index in [1.165, 1.54) is 6.92 Å². The van der Waals surface area contributed by atoms with Crippen LogP contribution in [0.15, 0.2) is 48.5 Å². The van der Waals surface area contributed by atoms with E-state index in [2.05, 4.69) is 5.32 Å². The number of esters is 1. The summed E-state index contributed by atoms with van der Waals surface area (Å²) in [5, 5.41) is 3.10. The van der Waals surface area contributed by atoms with Gasteiger partial charge in [-0.15, -0.1) is 0 Å². The van der Waals surface area contributed by atoms with E-state index in [1.807, 2.05) is 6.07 Å². The van der Waals surface area contributed by atoms with Gasteiger partial charge < -0.3 is 15.2 Å². The highest BCUT2D eigenvalue weighted by molar-refractivity contribution is 6.31. The van der Waals surface area contributed by atoms with Crippen LogP contribution < -0.4 is 15.8 Å². The van der Waals surface area contributed by atoms with Crippen LogP contribution in [0.3, 0.4) is 0 Å². The number of hydrogen-bond acceptors (Lipinski definition) is 5. The van der Waals surface area contributed by atoms with Gasteiger partial charge >= 0.3 is 12.1 Å². The number of carbonyl (C=O) groups is 2. The molecule has 0 saturated carbocycles. The van der Waals surface area contributed by atoms with Gasteiger partial charge in [0, 0.05) is 16.3 Å². The highest BCUT2D eigenvalue weighted by Crippen LogP contribution is 2.18. The zero-order chi connectivity index (χ0) is 17.5. The van der Waals surface area contributed by atoms with Crippen molar-refractivity contribution in [3.8, 4) is 5.75 Å². The molecule has 0 aliphatic rings. The maximum Gasteiger partial charge on any atom is 0.411 e. The lowest BCUT2D eigenvalue weighted by atomic mass is 10.2. The zero-order valence-corrected chi connectivity index (χ0v) is 13.7. The molecular weight excluding hydrogens is 332 g/mol. The number of nitrogens with two attached hydrogens (primary N) is 1. The van der Waals surface area contributed by atoms with Crippen molar-refractivity contribution < 1.29 is 19.1 Å². The van der Waals surface area contributed by atoms with E-state index in [0.717, 1.165) is 0 Å². The summed E-state index contributed by atoms with van der Waals surface area (Å²) in [6, 6.07) is 12.7. The summed E-state index contributed by atoms with van der Waals surface area (Å²) < 4.78 is 10.1.